The zero-order valence-corrected chi connectivity index (χ0v) is 18.9. The van der Waals surface area contributed by atoms with Crippen molar-refractivity contribution in [1.82, 2.24) is 0 Å². The van der Waals surface area contributed by atoms with Crippen LogP contribution >= 0.6 is 0 Å². The molecule has 0 aromatic rings. The van der Waals surface area contributed by atoms with Crippen molar-refractivity contribution < 1.29 is 15.9 Å². The van der Waals surface area contributed by atoms with Gasteiger partial charge in [0.2, 0.25) is 0 Å². The summed E-state index contributed by atoms with van der Waals surface area (Å²) < 4.78 is 6.88. The van der Waals surface area contributed by atoms with Crippen molar-refractivity contribution >= 4 is 0 Å². The Morgan fingerprint density at radius 3 is 0.478 bits per heavy atom. The van der Waals surface area contributed by atoms with Crippen LogP contribution < -0.4 is 0 Å². The topological polar surface area (TPSA) is 66.1 Å². The Morgan fingerprint density at radius 1 is 0.391 bits per heavy atom. The monoisotopic (exact) mass is 366 g/mol. The van der Waals surface area contributed by atoms with Crippen LogP contribution in [0, 0.1) is 4.17 Å². The summed E-state index contributed by atoms with van der Waals surface area (Å²) in [6, 6.07) is 3.00. The van der Waals surface area contributed by atoms with Gasteiger partial charge in [-0.25, -0.2) is 0 Å². The first kappa shape index (κ1) is 30.9. The van der Waals surface area contributed by atoms with Crippen LogP contribution in [0.4, 0.5) is 0 Å². The van der Waals surface area contributed by atoms with Gasteiger partial charge in [-0.15, -0.1) is 36.3 Å². The molecule has 0 heterocycles. The van der Waals surface area contributed by atoms with Crippen molar-refractivity contribution in [1.29, 1.82) is 4.17 Å². The minimum absolute atomic E-state index is 0.500. The average Bonchev–Trinajstić information content (AvgIpc) is 2.26. The van der Waals surface area contributed by atoms with Gasteiger partial charge in [-0.1, -0.05) is 83.1 Å². The van der Waals surface area contributed by atoms with Gasteiger partial charge >= 0.3 is 20.1 Å². The van der Waals surface area contributed by atoms with Gasteiger partial charge in [-0.2, -0.15) is 0 Å². The molecule has 5 heteroatoms. The van der Waals surface area contributed by atoms with Crippen molar-refractivity contribution in [3.05, 3.63) is 16.0 Å². The van der Waals surface area contributed by atoms with Crippen molar-refractivity contribution in [2.45, 2.75) is 119 Å². The second-order valence-corrected chi connectivity index (χ2v) is 7.01. The Balaban J connectivity index is -0.000000111. The molecule has 0 aliphatic rings. The van der Waals surface area contributed by atoms with Gasteiger partial charge < -0.3 is 16.0 Å². The predicted molar refractivity (Wildman–Crippen MR) is 103 cm³/mol. The number of nitrogens with zero attached hydrogens (tertiary/aromatic N) is 4. The zero-order valence-electron chi connectivity index (χ0n) is 17.7. The van der Waals surface area contributed by atoms with Crippen LogP contribution in [0.15, 0.2) is 0 Å². The Bertz CT molecular complexity index is 173. The summed E-state index contributed by atoms with van der Waals surface area (Å²) in [5.74, 6) is 0. The first-order valence-corrected chi connectivity index (χ1v) is 9.23. The van der Waals surface area contributed by atoms with Crippen LogP contribution in [0.5, 0.6) is 0 Å². The summed E-state index contributed by atoms with van der Waals surface area (Å²) >= 11 is 1.62. The van der Waals surface area contributed by atoms with E-state index in [-0.39, 0.29) is 0 Å². The molecule has 0 rings (SSSR count). The maximum atomic E-state index is 6.88. The second-order valence-electron chi connectivity index (χ2n) is 7.01. The van der Waals surface area contributed by atoms with Crippen LogP contribution in [-0.2, 0) is 15.9 Å². The van der Waals surface area contributed by atoms with Gasteiger partial charge in [0.25, 0.3) is 0 Å². The van der Waals surface area contributed by atoms with E-state index in [1.807, 2.05) is 0 Å². The van der Waals surface area contributed by atoms with E-state index in [4.69, 9.17) is 4.17 Å². The first-order valence-electron chi connectivity index (χ1n) is 8.66. The van der Waals surface area contributed by atoms with Crippen LogP contribution in [0.25, 0.3) is 16.0 Å². The molecule has 0 amide bonds. The molecule has 0 unspecified atom stereocenters. The van der Waals surface area contributed by atoms with Crippen molar-refractivity contribution in [3.63, 3.8) is 0 Å². The molecule has 0 aromatic heterocycles. The predicted octanol–water partition coefficient (Wildman–Crippen LogP) is 6.54. The van der Waals surface area contributed by atoms with Gasteiger partial charge in [0.1, 0.15) is 0 Å². The van der Waals surface area contributed by atoms with E-state index < -0.39 is 0 Å². The molecule has 23 heavy (non-hydrogen) atoms. The molecule has 0 radical (unpaired) electrons. The second kappa shape index (κ2) is 22.1. The molecule has 0 aromatic carbocycles. The van der Waals surface area contributed by atoms with Gasteiger partial charge in [0, 0.05) is 0 Å². The van der Waals surface area contributed by atoms with Gasteiger partial charge in [0.05, 0.1) is 0 Å². The van der Waals surface area contributed by atoms with Gasteiger partial charge in [-0.3, -0.25) is 0 Å². The molecule has 4 nitrogen and oxygen atoms in total. The van der Waals surface area contributed by atoms with Gasteiger partial charge in [-0.05, 0) is 0 Å². The summed E-state index contributed by atoms with van der Waals surface area (Å²) in [6.07, 6.45) is 0. The van der Waals surface area contributed by atoms with E-state index in [1.54, 1.807) is 15.9 Å². The molecular formula is C18H42CrN4-3. The van der Waals surface area contributed by atoms with Crippen molar-refractivity contribution in [2.75, 3.05) is 0 Å². The van der Waals surface area contributed by atoms with E-state index in [2.05, 4.69) is 99.0 Å². The van der Waals surface area contributed by atoms with Crippen LogP contribution in [0.1, 0.15) is 83.1 Å². The molecular weight excluding hydrogens is 324 g/mol. The fourth-order valence-electron chi connectivity index (χ4n) is 1.79. The van der Waals surface area contributed by atoms with E-state index in [1.165, 1.54) is 0 Å². The van der Waals surface area contributed by atoms with Crippen LogP contribution in [-0.4, -0.2) is 36.3 Å². The molecule has 0 spiro atoms. The first-order chi connectivity index (χ1) is 10.4. The molecule has 0 aliphatic carbocycles. The molecule has 0 aliphatic heterocycles. The van der Waals surface area contributed by atoms with Gasteiger partial charge in [0.15, 0.2) is 0 Å². The third-order valence-electron chi connectivity index (χ3n) is 1.79. The standard InChI is InChI=1S/3C6H14N.Cr.N/c3*1-5(2)7-6(3)4;;/h3*5-6H,1-4H3;;/q3*-1;;. The summed E-state index contributed by atoms with van der Waals surface area (Å²) in [5.41, 5.74) is 0. The van der Waals surface area contributed by atoms with Crippen molar-refractivity contribution in [2.24, 2.45) is 0 Å². The third kappa shape index (κ3) is 61.0. The van der Waals surface area contributed by atoms with E-state index >= 15 is 0 Å². The van der Waals surface area contributed by atoms with Crippen molar-refractivity contribution in [3.8, 4) is 0 Å². The Morgan fingerprint density at radius 2 is 0.478 bits per heavy atom. The Hall–Kier alpha value is 0.122. The van der Waals surface area contributed by atoms with E-state index in [0.717, 1.165) is 0 Å². The number of rotatable bonds is 6. The fraction of sp³-hybridized carbons (Fsp3) is 1.00. The maximum absolute atomic E-state index is 6.88. The molecule has 0 saturated heterocycles. The molecule has 0 bridgehead atoms. The summed E-state index contributed by atoms with van der Waals surface area (Å²) in [7, 11) is 0. The molecule has 143 valence electrons. The third-order valence-corrected chi connectivity index (χ3v) is 1.79. The zero-order chi connectivity index (χ0) is 19.6. The number of hydrogen-bond donors (Lipinski definition) is 0. The SMILES string of the molecule is CC(C)[N-]C(C)C.CC(C)[N-]C(C)C.CC(C)[N-]C(C)C.[N]#[Cr]. The Labute approximate surface area is 155 Å². The van der Waals surface area contributed by atoms with E-state index in [0.29, 0.717) is 36.3 Å². The number of hydrogen-bond acceptors (Lipinski definition) is 1. The minimum atomic E-state index is 0.500. The Kier molecular flexibility index (Phi) is 29.8. The normalized spacial score (nSPS) is 10.3. The molecule has 0 fully saturated rings. The van der Waals surface area contributed by atoms with E-state index in [9.17, 15) is 0 Å². The average molecular weight is 367 g/mol. The quantitative estimate of drug-likeness (QED) is 0.526. The molecule has 0 N–H and O–H groups in total. The van der Waals surface area contributed by atoms with Crippen LogP contribution in [0.3, 0.4) is 0 Å². The summed E-state index contributed by atoms with van der Waals surface area (Å²) in [6.45, 7) is 25.2. The fourth-order valence-corrected chi connectivity index (χ4v) is 1.79. The summed E-state index contributed by atoms with van der Waals surface area (Å²) in [4.78, 5) is 0. The summed E-state index contributed by atoms with van der Waals surface area (Å²) in [5, 5.41) is 12.8. The molecule has 0 saturated carbocycles. The molecule has 0 atom stereocenters. The van der Waals surface area contributed by atoms with Crippen LogP contribution in [0.2, 0.25) is 0 Å².